The van der Waals surface area contributed by atoms with E-state index in [1.807, 2.05) is 0 Å². The summed E-state index contributed by atoms with van der Waals surface area (Å²) in [5.41, 5.74) is 0.329. The molecule has 0 aromatic heterocycles. The molecule has 1 nitrogen and oxygen atoms in total. The fourth-order valence-corrected chi connectivity index (χ4v) is 0.736. The van der Waals surface area contributed by atoms with Gasteiger partial charge < -0.3 is 0 Å². The van der Waals surface area contributed by atoms with E-state index in [2.05, 4.69) is 12.6 Å². The second kappa shape index (κ2) is 2.84. The van der Waals surface area contributed by atoms with Crippen molar-refractivity contribution >= 4 is 18.9 Å². The quantitative estimate of drug-likeness (QED) is 0.485. The SMILES string of the molecule is O=Cc1ccc(S)c(F)c1. The predicted molar refractivity (Wildman–Crippen MR) is 39.0 cm³/mol. The zero-order valence-electron chi connectivity index (χ0n) is 5.04. The number of hydrogen-bond acceptors (Lipinski definition) is 2. The Bertz CT molecular complexity index is 260. The molecule has 1 aromatic rings. The molecule has 0 spiro atoms. The highest BCUT2D eigenvalue weighted by Crippen LogP contribution is 2.12. The third-order valence-corrected chi connectivity index (χ3v) is 1.47. The zero-order chi connectivity index (χ0) is 7.56. The van der Waals surface area contributed by atoms with Gasteiger partial charge in [-0.15, -0.1) is 12.6 Å². The smallest absolute Gasteiger partial charge is 0.150 e. The van der Waals surface area contributed by atoms with Gasteiger partial charge in [0.1, 0.15) is 12.1 Å². The van der Waals surface area contributed by atoms with Gasteiger partial charge in [0.2, 0.25) is 0 Å². The van der Waals surface area contributed by atoms with Crippen molar-refractivity contribution in [2.75, 3.05) is 0 Å². The van der Waals surface area contributed by atoms with Crippen LogP contribution in [0.15, 0.2) is 23.1 Å². The Morgan fingerprint density at radius 2 is 2.20 bits per heavy atom. The van der Waals surface area contributed by atoms with E-state index in [0.29, 0.717) is 11.8 Å². The maximum absolute atomic E-state index is 12.5. The van der Waals surface area contributed by atoms with Gasteiger partial charge in [-0.25, -0.2) is 4.39 Å². The molecule has 1 aromatic carbocycles. The average Bonchev–Trinajstić information content (AvgIpc) is 1.95. The summed E-state index contributed by atoms with van der Waals surface area (Å²) in [6.45, 7) is 0. The summed E-state index contributed by atoms with van der Waals surface area (Å²) in [6, 6.07) is 4.11. The Labute approximate surface area is 63.3 Å². The number of hydrogen-bond donors (Lipinski definition) is 1. The van der Waals surface area contributed by atoms with Crippen molar-refractivity contribution < 1.29 is 9.18 Å². The second-order valence-electron chi connectivity index (χ2n) is 1.83. The highest BCUT2D eigenvalue weighted by molar-refractivity contribution is 7.80. The summed E-state index contributed by atoms with van der Waals surface area (Å²) < 4.78 is 12.5. The Morgan fingerprint density at radius 3 is 2.70 bits per heavy atom. The van der Waals surface area contributed by atoms with Gasteiger partial charge in [0.15, 0.2) is 0 Å². The van der Waals surface area contributed by atoms with E-state index in [1.165, 1.54) is 12.1 Å². The minimum Gasteiger partial charge on any atom is -0.298 e. The van der Waals surface area contributed by atoms with E-state index < -0.39 is 5.82 Å². The third-order valence-electron chi connectivity index (χ3n) is 1.11. The van der Waals surface area contributed by atoms with E-state index in [-0.39, 0.29) is 4.90 Å². The van der Waals surface area contributed by atoms with Gasteiger partial charge in [0.05, 0.1) is 0 Å². The van der Waals surface area contributed by atoms with Gasteiger partial charge in [0.25, 0.3) is 0 Å². The fourth-order valence-electron chi connectivity index (χ4n) is 0.596. The first-order valence-electron chi connectivity index (χ1n) is 2.68. The number of carbonyl (C=O) groups excluding carboxylic acids is 1. The van der Waals surface area contributed by atoms with Gasteiger partial charge in [-0.3, -0.25) is 4.79 Å². The molecule has 0 aliphatic heterocycles. The average molecular weight is 156 g/mol. The third kappa shape index (κ3) is 1.36. The van der Waals surface area contributed by atoms with Crippen LogP contribution < -0.4 is 0 Å². The lowest BCUT2D eigenvalue weighted by atomic mass is 10.2. The summed E-state index contributed by atoms with van der Waals surface area (Å²) in [6.07, 6.45) is 0.594. The molecular weight excluding hydrogens is 151 g/mol. The topological polar surface area (TPSA) is 17.1 Å². The lowest BCUT2D eigenvalue weighted by molar-refractivity contribution is 0.112. The van der Waals surface area contributed by atoms with Crippen LogP contribution in [-0.2, 0) is 0 Å². The molecule has 0 atom stereocenters. The van der Waals surface area contributed by atoms with E-state index >= 15 is 0 Å². The largest absolute Gasteiger partial charge is 0.298 e. The summed E-state index contributed by atoms with van der Waals surface area (Å²) >= 11 is 3.79. The predicted octanol–water partition coefficient (Wildman–Crippen LogP) is 1.93. The first-order valence-corrected chi connectivity index (χ1v) is 3.12. The van der Waals surface area contributed by atoms with Gasteiger partial charge in [-0.2, -0.15) is 0 Å². The Balaban J connectivity index is 3.16. The van der Waals surface area contributed by atoms with Crippen LogP contribution in [0, 0.1) is 5.82 Å². The summed E-state index contributed by atoms with van der Waals surface area (Å²) in [5, 5.41) is 0. The van der Waals surface area contributed by atoms with E-state index in [1.54, 1.807) is 0 Å². The van der Waals surface area contributed by atoms with Crippen LogP contribution in [0.1, 0.15) is 10.4 Å². The number of carbonyl (C=O) groups is 1. The van der Waals surface area contributed by atoms with Gasteiger partial charge in [0, 0.05) is 10.5 Å². The molecule has 0 saturated carbocycles. The van der Waals surface area contributed by atoms with Gasteiger partial charge in [-0.05, 0) is 12.1 Å². The Kier molecular flexibility index (Phi) is 2.06. The van der Waals surface area contributed by atoms with Crippen molar-refractivity contribution in [3.8, 4) is 0 Å². The number of benzene rings is 1. The number of rotatable bonds is 1. The minimum absolute atomic E-state index is 0.255. The van der Waals surface area contributed by atoms with E-state index in [4.69, 9.17) is 0 Å². The van der Waals surface area contributed by atoms with Gasteiger partial charge in [-0.1, -0.05) is 6.07 Å². The minimum atomic E-state index is -0.465. The van der Waals surface area contributed by atoms with Crippen molar-refractivity contribution in [1.82, 2.24) is 0 Å². The van der Waals surface area contributed by atoms with Crippen molar-refractivity contribution in [3.05, 3.63) is 29.6 Å². The standard InChI is InChI=1S/C7H5FOS/c8-6-3-5(4-9)1-2-7(6)10/h1-4,10H. The Hall–Kier alpha value is -0.830. The Morgan fingerprint density at radius 1 is 1.50 bits per heavy atom. The van der Waals surface area contributed by atoms with Crippen LogP contribution in [0.3, 0.4) is 0 Å². The molecule has 0 saturated heterocycles. The molecule has 0 heterocycles. The highest BCUT2D eigenvalue weighted by Gasteiger charge is 1.97. The zero-order valence-corrected chi connectivity index (χ0v) is 5.94. The van der Waals surface area contributed by atoms with Crippen LogP contribution >= 0.6 is 12.6 Å². The normalized spacial score (nSPS) is 9.40. The molecule has 3 heteroatoms. The second-order valence-corrected chi connectivity index (χ2v) is 2.31. The molecule has 0 aliphatic carbocycles. The molecule has 10 heavy (non-hydrogen) atoms. The number of halogens is 1. The van der Waals surface area contributed by atoms with Crippen molar-refractivity contribution in [1.29, 1.82) is 0 Å². The molecule has 0 bridgehead atoms. The first kappa shape index (κ1) is 7.28. The number of aldehydes is 1. The molecule has 0 aliphatic rings. The molecule has 0 unspecified atom stereocenters. The van der Waals surface area contributed by atoms with Crippen LogP contribution in [0.5, 0.6) is 0 Å². The number of thiol groups is 1. The lowest BCUT2D eigenvalue weighted by Crippen LogP contribution is -1.82. The maximum Gasteiger partial charge on any atom is 0.150 e. The van der Waals surface area contributed by atoms with E-state index in [0.717, 1.165) is 6.07 Å². The fraction of sp³-hybridized carbons (Fsp3) is 0. The van der Waals surface area contributed by atoms with Crippen molar-refractivity contribution in [2.24, 2.45) is 0 Å². The van der Waals surface area contributed by atoms with Crippen LogP contribution in [0.2, 0.25) is 0 Å². The van der Waals surface area contributed by atoms with Crippen molar-refractivity contribution in [2.45, 2.75) is 4.90 Å². The maximum atomic E-state index is 12.5. The first-order chi connectivity index (χ1) is 4.74. The monoisotopic (exact) mass is 156 g/mol. The summed E-state index contributed by atoms with van der Waals surface area (Å²) in [5.74, 6) is -0.465. The molecule has 0 radical (unpaired) electrons. The lowest BCUT2D eigenvalue weighted by Gasteiger charge is -1.93. The van der Waals surface area contributed by atoms with Crippen LogP contribution in [-0.4, -0.2) is 6.29 Å². The van der Waals surface area contributed by atoms with Crippen LogP contribution in [0.25, 0.3) is 0 Å². The molecule has 0 fully saturated rings. The van der Waals surface area contributed by atoms with E-state index in [9.17, 15) is 9.18 Å². The molecular formula is C7H5FOS. The molecule has 0 N–H and O–H groups in total. The summed E-state index contributed by atoms with van der Waals surface area (Å²) in [4.78, 5) is 10.3. The molecule has 52 valence electrons. The highest BCUT2D eigenvalue weighted by atomic mass is 32.1. The van der Waals surface area contributed by atoms with Gasteiger partial charge >= 0.3 is 0 Å². The molecule has 0 amide bonds. The van der Waals surface area contributed by atoms with Crippen LogP contribution in [0.4, 0.5) is 4.39 Å². The summed E-state index contributed by atoms with van der Waals surface area (Å²) in [7, 11) is 0. The molecule has 1 rings (SSSR count). The van der Waals surface area contributed by atoms with Crippen molar-refractivity contribution in [3.63, 3.8) is 0 Å².